The third-order valence-electron chi connectivity index (χ3n) is 3.89. The first-order valence-electron chi connectivity index (χ1n) is 8.30. The summed E-state index contributed by atoms with van der Waals surface area (Å²) in [5.41, 5.74) is 2.36. The third kappa shape index (κ3) is 6.95. The predicted octanol–water partition coefficient (Wildman–Crippen LogP) is 4.68. The fraction of sp³-hybridized carbons (Fsp3) is 0.273. The third-order valence-corrected chi connectivity index (χ3v) is 3.89. The van der Waals surface area contributed by atoms with Crippen LogP contribution in [0.4, 0.5) is 0 Å². The molecule has 2 heteroatoms. The Kier molecular flexibility index (Phi) is 10.2. The number of allylic oxidation sites excluding steroid dienone is 2. The summed E-state index contributed by atoms with van der Waals surface area (Å²) in [6, 6.07) is 20.0. The Balaban J connectivity index is 0.000000240. The second-order valence-electron chi connectivity index (χ2n) is 5.63. The van der Waals surface area contributed by atoms with E-state index in [2.05, 4.69) is 13.2 Å². The van der Waals surface area contributed by atoms with Crippen molar-refractivity contribution < 1.29 is 10.2 Å². The standard InChI is InChI=1S/2C11H14O/c2*1-2-6-11(9-12)10-7-4-3-5-8-10/h2*2-5,7-8,11-12H,1,6,9H2/t2*11-/m10/s1. The lowest BCUT2D eigenvalue weighted by Crippen LogP contribution is -2.02. The van der Waals surface area contributed by atoms with Gasteiger partial charge in [-0.05, 0) is 24.0 Å². The van der Waals surface area contributed by atoms with Crippen LogP contribution in [0.15, 0.2) is 86.0 Å². The van der Waals surface area contributed by atoms with Crippen LogP contribution in [0.5, 0.6) is 0 Å². The number of hydrogen-bond acceptors (Lipinski definition) is 2. The van der Waals surface area contributed by atoms with Crippen molar-refractivity contribution in [2.75, 3.05) is 13.2 Å². The summed E-state index contributed by atoms with van der Waals surface area (Å²) in [7, 11) is 0. The van der Waals surface area contributed by atoms with Crippen LogP contribution < -0.4 is 0 Å². The van der Waals surface area contributed by atoms with Crippen LogP contribution in [0.1, 0.15) is 35.8 Å². The molecule has 0 radical (unpaired) electrons. The summed E-state index contributed by atoms with van der Waals surface area (Å²) < 4.78 is 0. The predicted molar refractivity (Wildman–Crippen MR) is 102 cm³/mol. The van der Waals surface area contributed by atoms with Crippen molar-refractivity contribution in [3.05, 3.63) is 97.1 Å². The maximum Gasteiger partial charge on any atom is 0.0502 e. The molecule has 128 valence electrons. The molecule has 0 bridgehead atoms. The Morgan fingerprint density at radius 1 is 0.667 bits per heavy atom. The number of rotatable bonds is 8. The van der Waals surface area contributed by atoms with Crippen molar-refractivity contribution in [1.82, 2.24) is 0 Å². The van der Waals surface area contributed by atoms with Crippen molar-refractivity contribution in [2.24, 2.45) is 0 Å². The molecule has 0 amide bonds. The zero-order valence-electron chi connectivity index (χ0n) is 14.2. The van der Waals surface area contributed by atoms with Gasteiger partial charge in [-0.15, -0.1) is 13.2 Å². The molecule has 2 nitrogen and oxygen atoms in total. The van der Waals surface area contributed by atoms with E-state index >= 15 is 0 Å². The molecule has 0 aliphatic carbocycles. The maximum atomic E-state index is 9.06. The number of aliphatic hydroxyl groups excluding tert-OH is 2. The lowest BCUT2D eigenvalue weighted by molar-refractivity contribution is 0.265. The van der Waals surface area contributed by atoms with Gasteiger partial charge in [0.05, 0.1) is 13.2 Å². The van der Waals surface area contributed by atoms with E-state index in [1.54, 1.807) is 0 Å². The highest BCUT2D eigenvalue weighted by Crippen LogP contribution is 2.19. The van der Waals surface area contributed by atoms with Gasteiger partial charge in [0.15, 0.2) is 0 Å². The normalized spacial score (nSPS) is 12.4. The van der Waals surface area contributed by atoms with Gasteiger partial charge in [-0.2, -0.15) is 0 Å². The Hall–Kier alpha value is -2.16. The molecule has 2 aromatic rings. The van der Waals surface area contributed by atoms with Gasteiger partial charge in [-0.1, -0.05) is 72.8 Å². The first kappa shape index (κ1) is 19.9. The average Bonchev–Trinajstić information content (AvgIpc) is 2.66. The molecular weight excluding hydrogens is 296 g/mol. The summed E-state index contributed by atoms with van der Waals surface area (Å²) in [6.45, 7) is 7.71. The monoisotopic (exact) mass is 324 g/mol. The van der Waals surface area contributed by atoms with E-state index in [1.165, 1.54) is 11.1 Å². The van der Waals surface area contributed by atoms with E-state index in [0.29, 0.717) is 0 Å². The van der Waals surface area contributed by atoms with E-state index in [4.69, 9.17) is 10.2 Å². The number of benzene rings is 2. The van der Waals surface area contributed by atoms with Crippen molar-refractivity contribution in [2.45, 2.75) is 24.7 Å². The quantitative estimate of drug-likeness (QED) is 0.692. The SMILES string of the molecule is C=CC[C@@H](CO)c1ccccc1.C=CC[C@H](CO)c1ccccc1. The molecule has 0 unspecified atom stereocenters. The van der Waals surface area contributed by atoms with Crippen LogP contribution in [0.2, 0.25) is 0 Å². The first-order valence-corrected chi connectivity index (χ1v) is 8.30. The largest absolute Gasteiger partial charge is 0.396 e. The Morgan fingerprint density at radius 3 is 1.25 bits per heavy atom. The minimum Gasteiger partial charge on any atom is -0.396 e. The first-order chi connectivity index (χ1) is 11.8. The van der Waals surface area contributed by atoms with Crippen LogP contribution in [-0.4, -0.2) is 23.4 Å². The fourth-order valence-corrected chi connectivity index (χ4v) is 2.48. The minimum atomic E-state index is 0.191. The minimum absolute atomic E-state index is 0.191. The maximum absolute atomic E-state index is 9.06. The van der Waals surface area contributed by atoms with Crippen molar-refractivity contribution in [1.29, 1.82) is 0 Å². The van der Waals surface area contributed by atoms with Crippen molar-refractivity contribution in [3.63, 3.8) is 0 Å². The van der Waals surface area contributed by atoms with Gasteiger partial charge < -0.3 is 10.2 Å². The van der Waals surface area contributed by atoms with Gasteiger partial charge in [0.2, 0.25) is 0 Å². The van der Waals surface area contributed by atoms with E-state index in [1.807, 2.05) is 72.8 Å². The number of aliphatic hydroxyl groups is 2. The summed E-state index contributed by atoms with van der Waals surface area (Å²) in [4.78, 5) is 0. The van der Waals surface area contributed by atoms with Gasteiger partial charge in [-0.3, -0.25) is 0 Å². The molecule has 2 atom stereocenters. The van der Waals surface area contributed by atoms with Gasteiger partial charge in [0, 0.05) is 11.8 Å². The summed E-state index contributed by atoms with van der Waals surface area (Å²) in [6.07, 6.45) is 5.35. The molecule has 0 fully saturated rings. The lowest BCUT2D eigenvalue weighted by Gasteiger charge is -2.11. The Bertz CT molecular complexity index is 510. The van der Waals surface area contributed by atoms with E-state index in [-0.39, 0.29) is 25.0 Å². The van der Waals surface area contributed by atoms with E-state index < -0.39 is 0 Å². The second kappa shape index (κ2) is 12.3. The molecule has 2 rings (SSSR count). The van der Waals surface area contributed by atoms with Gasteiger partial charge in [0.25, 0.3) is 0 Å². The molecule has 0 saturated carbocycles. The molecule has 2 N–H and O–H groups in total. The molecular formula is C22H28O2. The zero-order chi connectivity index (χ0) is 17.6. The average molecular weight is 324 g/mol. The molecule has 2 aromatic carbocycles. The molecule has 0 heterocycles. The molecule has 0 aliphatic heterocycles. The van der Waals surface area contributed by atoms with Crippen LogP contribution in [0.3, 0.4) is 0 Å². The van der Waals surface area contributed by atoms with Gasteiger partial charge in [0.1, 0.15) is 0 Å². The topological polar surface area (TPSA) is 40.5 Å². The number of hydrogen-bond donors (Lipinski definition) is 2. The van der Waals surface area contributed by atoms with Gasteiger partial charge >= 0.3 is 0 Å². The van der Waals surface area contributed by atoms with E-state index in [9.17, 15) is 0 Å². The molecule has 0 spiro atoms. The lowest BCUT2D eigenvalue weighted by atomic mass is 9.97. The van der Waals surface area contributed by atoms with Crippen LogP contribution >= 0.6 is 0 Å². The van der Waals surface area contributed by atoms with Crippen molar-refractivity contribution >= 4 is 0 Å². The molecule has 0 aromatic heterocycles. The Morgan fingerprint density at radius 2 is 1.00 bits per heavy atom. The second-order valence-corrected chi connectivity index (χ2v) is 5.63. The van der Waals surface area contributed by atoms with Crippen molar-refractivity contribution in [3.8, 4) is 0 Å². The van der Waals surface area contributed by atoms with E-state index in [0.717, 1.165) is 12.8 Å². The van der Waals surface area contributed by atoms with Gasteiger partial charge in [-0.25, -0.2) is 0 Å². The highest BCUT2D eigenvalue weighted by molar-refractivity contribution is 5.20. The molecule has 0 saturated heterocycles. The Labute approximate surface area is 145 Å². The summed E-state index contributed by atoms with van der Waals surface area (Å²) in [5.74, 6) is 0.424. The summed E-state index contributed by atoms with van der Waals surface area (Å²) >= 11 is 0. The van der Waals surface area contributed by atoms with Crippen LogP contribution in [-0.2, 0) is 0 Å². The smallest absolute Gasteiger partial charge is 0.0502 e. The summed E-state index contributed by atoms with van der Waals surface area (Å²) in [5, 5.41) is 18.1. The highest BCUT2D eigenvalue weighted by Gasteiger charge is 2.07. The fourth-order valence-electron chi connectivity index (χ4n) is 2.48. The zero-order valence-corrected chi connectivity index (χ0v) is 14.2. The molecule has 0 aliphatic rings. The van der Waals surface area contributed by atoms with Crippen LogP contribution in [0.25, 0.3) is 0 Å². The molecule has 24 heavy (non-hydrogen) atoms. The highest BCUT2D eigenvalue weighted by atomic mass is 16.3. The van der Waals surface area contributed by atoms with Crippen LogP contribution in [0, 0.1) is 0 Å².